The molecule has 27 heavy (non-hydrogen) atoms. The second kappa shape index (κ2) is 8.21. The van der Waals surface area contributed by atoms with Crippen LogP contribution in [0.3, 0.4) is 0 Å². The molecule has 0 aliphatic carbocycles. The van der Waals surface area contributed by atoms with Crippen molar-refractivity contribution < 1.29 is 13.2 Å². The number of hydrogen-bond donors (Lipinski definition) is 1. The summed E-state index contributed by atoms with van der Waals surface area (Å²) in [5, 5.41) is 3.93. The van der Waals surface area contributed by atoms with Crippen molar-refractivity contribution in [3.05, 3.63) is 81.3 Å². The summed E-state index contributed by atoms with van der Waals surface area (Å²) in [5.41, 5.74) is 2.03. The zero-order valence-corrected chi connectivity index (χ0v) is 16.9. The highest BCUT2D eigenvalue weighted by Crippen LogP contribution is 2.23. The molecule has 0 saturated heterocycles. The first-order valence-corrected chi connectivity index (χ1v) is 11.3. The van der Waals surface area contributed by atoms with Crippen molar-refractivity contribution in [3.63, 3.8) is 0 Å². The minimum absolute atomic E-state index is 0.102. The lowest BCUT2D eigenvalue weighted by Crippen LogP contribution is -2.12. The summed E-state index contributed by atoms with van der Waals surface area (Å²) >= 11 is 7.39. The van der Waals surface area contributed by atoms with E-state index >= 15 is 0 Å². The van der Waals surface area contributed by atoms with Gasteiger partial charge >= 0.3 is 0 Å². The minimum atomic E-state index is -3.16. The van der Waals surface area contributed by atoms with Crippen LogP contribution < -0.4 is 5.32 Å². The molecule has 3 rings (SSSR count). The fourth-order valence-electron chi connectivity index (χ4n) is 2.57. The van der Waals surface area contributed by atoms with Gasteiger partial charge in [0.1, 0.15) is 0 Å². The first kappa shape index (κ1) is 19.5. The minimum Gasteiger partial charge on any atom is -0.298 e. The Hall–Kier alpha value is -2.22. The Bertz CT molecular complexity index is 1080. The molecule has 0 radical (unpaired) electrons. The maximum Gasteiger partial charge on any atom is 0.257 e. The van der Waals surface area contributed by atoms with E-state index in [2.05, 4.69) is 10.3 Å². The number of anilines is 1. The van der Waals surface area contributed by atoms with Crippen LogP contribution in [0.25, 0.3) is 0 Å². The van der Waals surface area contributed by atoms with Crippen LogP contribution in [0.15, 0.2) is 54.7 Å². The van der Waals surface area contributed by atoms with Gasteiger partial charge in [0.25, 0.3) is 5.91 Å². The van der Waals surface area contributed by atoms with Crippen LogP contribution in [-0.4, -0.2) is 25.6 Å². The first-order valence-electron chi connectivity index (χ1n) is 8.06. The molecule has 3 aromatic rings. The van der Waals surface area contributed by atoms with Crippen molar-refractivity contribution in [1.29, 1.82) is 0 Å². The van der Waals surface area contributed by atoms with Crippen molar-refractivity contribution in [2.45, 2.75) is 12.2 Å². The zero-order chi connectivity index (χ0) is 19.4. The molecule has 0 unspecified atom stereocenters. The molecule has 2 aromatic carbocycles. The smallest absolute Gasteiger partial charge is 0.257 e. The topological polar surface area (TPSA) is 76.1 Å². The highest BCUT2D eigenvalue weighted by Gasteiger charge is 2.12. The summed E-state index contributed by atoms with van der Waals surface area (Å²) in [6.45, 7) is 0. The first-order chi connectivity index (χ1) is 12.8. The van der Waals surface area contributed by atoms with Crippen LogP contribution in [0.5, 0.6) is 0 Å². The predicted octanol–water partition coefficient (Wildman–Crippen LogP) is 4.18. The molecular formula is C19H17ClN2O3S2. The number of sulfone groups is 1. The predicted molar refractivity (Wildman–Crippen MR) is 109 cm³/mol. The van der Waals surface area contributed by atoms with Gasteiger partial charge in [0.05, 0.1) is 5.75 Å². The molecule has 1 amide bonds. The van der Waals surface area contributed by atoms with Gasteiger partial charge in [-0.15, -0.1) is 11.3 Å². The number of hydrogen-bond acceptors (Lipinski definition) is 5. The Kier molecular flexibility index (Phi) is 5.94. The number of halogens is 1. The lowest BCUT2D eigenvalue weighted by Gasteiger charge is -2.04. The molecule has 1 heterocycles. The average Bonchev–Trinajstić information content (AvgIpc) is 3.00. The quantitative estimate of drug-likeness (QED) is 0.648. The fourth-order valence-corrected chi connectivity index (χ4v) is 4.41. The SMILES string of the molecule is CS(=O)(=O)Cc1cccc(C(=O)Nc2ncc(Cc3cccc(Cl)c3)s2)c1. The molecule has 0 bridgehead atoms. The van der Waals surface area contributed by atoms with E-state index in [0.717, 1.165) is 16.7 Å². The Balaban J connectivity index is 1.68. The summed E-state index contributed by atoms with van der Waals surface area (Å²) in [7, 11) is -3.16. The Labute approximate surface area is 167 Å². The third-order valence-corrected chi connectivity index (χ3v) is 5.67. The van der Waals surface area contributed by atoms with Crippen molar-refractivity contribution in [3.8, 4) is 0 Å². The van der Waals surface area contributed by atoms with Crippen LogP contribution in [0, 0.1) is 0 Å². The Morgan fingerprint density at radius 3 is 2.63 bits per heavy atom. The van der Waals surface area contributed by atoms with Gasteiger partial charge in [-0.05, 0) is 35.4 Å². The second-order valence-electron chi connectivity index (χ2n) is 6.16. The van der Waals surface area contributed by atoms with Crippen LogP contribution >= 0.6 is 22.9 Å². The molecule has 0 aliphatic rings. The van der Waals surface area contributed by atoms with E-state index in [1.54, 1.807) is 30.5 Å². The number of carbonyl (C=O) groups excluding carboxylic acids is 1. The van der Waals surface area contributed by atoms with Crippen molar-refractivity contribution in [2.75, 3.05) is 11.6 Å². The zero-order valence-electron chi connectivity index (χ0n) is 14.5. The third kappa shape index (κ3) is 5.89. The van der Waals surface area contributed by atoms with E-state index in [4.69, 9.17) is 11.6 Å². The van der Waals surface area contributed by atoms with Crippen LogP contribution in [0.4, 0.5) is 5.13 Å². The highest BCUT2D eigenvalue weighted by molar-refractivity contribution is 7.89. The molecule has 0 saturated carbocycles. The highest BCUT2D eigenvalue weighted by atomic mass is 35.5. The van der Waals surface area contributed by atoms with Crippen molar-refractivity contribution >= 4 is 43.8 Å². The lowest BCUT2D eigenvalue weighted by atomic mass is 10.1. The van der Waals surface area contributed by atoms with E-state index in [9.17, 15) is 13.2 Å². The molecule has 1 aromatic heterocycles. The van der Waals surface area contributed by atoms with Gasteiger partial charge < -0.3 is 0 Å². The maximum atomic E-state index is 12.4. The summed E-state index contributed by atoms with van der Waals surface area (Å²) in [5.74, 6) is -0.427. The molecular weight excluding hydrogens is 404 g/mol. The van der Waals surface area contributed by atoms with Crippen LogP contribution in [-0.2, 0) is 22.0 Å². The monoisotopic (exact) mass is 420 g/mol. The number of benzene rings is 2. The standard InChI is InChI=1S/C19H17ClN2O3S2/c1-27(24,25)12-14-5-2-6-15(8-14)18(23)22-19-21-11-17(26-19)10-13-4-3-7-16(20)9-13/h2-9,11H,10,12H2,1H3,(H,21,22,23). The normalized spacial score (nSPS) is 11.3. The van der Waals surface area contributed by atoms with Gasteiger partial charge in [-0.2, -0.15) is 0 Å². The summed E-state index contributed by atoms with van der Waals surface area (Å²) < 4.78 is 22.9. The van der Waals surface area contributed by atoms with E-state index in [1.165, 1.54) is 11.3 Å². The molecule has 8 heteroatoms. The van der Waals surface area contributed by atoms with Crippen molar-refractivity contribution in [2.24, 2.45) is 0 Å². The largest absolute Gasteiger partial charge is 0.298 e. The lowest BCUT2D eigenvalue weighted by molar-refractivity contribution is 0.102. The van der Waals surface area contributed by atoms with Gasteiger partial charge in [-0.3, -0.25) is 10.1 Å². The third-order valence-electron chi connectivity index (χ3n) is 3.66. The van der Waals surface area contributed by atoms with Crippen LogP contribution in [0.2, 0.25) is 5.02 Å². The van der Waals surface area contributed by atoms with Crippen LogP contribution in [0.1, 0.15) is 26.4 Å². The summed E-state index contributed by atoms with van der Waals surface area (Å²) in [6.07, 6.45) is 3.57. The summed E-state index contributed by atoms with van der Waals surface area (Å²) in [6, 6.07) is 14.2. The summed E-state index contributed by atoms with van der Waals surface area (Å²) in [4.78, 5) is 17.7. The maximum absolute atomic E-state index is 12.4. The van der Waals surface area contributed by atoms with E-state index in [0.29, 0.717) is 27.7 Å². The number of amides is 1. The number of rotatable bonds is 6. The van der Waals surface area contributed by atoms with Gasteiger partial charge in [-0.1, -0.05) is 35.9 Å². The molecule has 0 spiro atoms. The molecule has 5 nitrogen and oxygen atoms in total. The average molecular weight is 421 g/mol. The van der Waals surface area contributed by atoms with Gasteiger partial charge in [0, 0.05) is 34.3 Å². The molecule has 0 atom stereocenters. The number of nitrogens with zero attached hydrogens (tertiary/aromatic N) is 1. The molecule has 1 N–H and O–H groups in total. The fraction of sp³-hybridized carbons (Fsp3) is 0.158. The van der Waals surface area contributed by atoms with Crippen molar-refractivity contribution in [1.82, 2.24) is 4.98 Å². The second-order valence-corrected chi connectivity index (χ2v) is 9.85. The molecule has 0 fully saturated rings. The van der Waals surface area contributed by atoms with E-state index < -0.39 is 9.84 Å². The molecule has 0 aliphatic heterocycles. The Morgan fingerprint density at radius 2 is 1.89 bits per heavy atom. The van der Waals surface area contributed by atoms with Gasteiger partial charge in [-0.25, -0.2) is 13.4 Å². The number of thiazole rings is 1. The number of aromatic nitrogens is 1. The van der Waals surface area contributed by atoms with Gasteiger partial charge in [0.15, 0.2) is 15.0 Å². The van der Waals surface area contributed by atoms with E-state index in [-0.39, 0.29) is 11.7 Å². The number of nitrogens with one attached hydrogen (secondary N) is 1. The van der Waals surface area contributed by atoms with Gasteiger partial charge in [0.2, 0.25) is 0 Å². The Morgan fingerprint density at radius 1 is 1.15 bits per heavy atom. The van der Waals surface area contributed by atoms with E-state index in [1.807, 2.05) is 24.3 Å². The number of carbonyl (C=O) groups is 1. The molecule has 140 valence electrons.